The number of hydrogen-bond acceptors (Lipinski definition) is 4. The van der Waals surface area contributed by atoms with Gasteiger partial charge in [-0.1, -0.05) is 55.3 Å². The van der Waals surface area contributed by atoms with Crippen LogP contribution in [0, 0.1) is 0 Å². The second kappa shape index (κ2) is 8.40. The number of thiol groups is 1. The van der Waals surface area contributed by atoms with Gasteiger partial charge in [0.2, 0.25) is 0 Å². The van der Waals surface area contributed by atoms with Crippen molar-refractivity contribution >= 4 is 30.4 Å². The lowest BCUT2D eigenvalue weighted by atomic mass is 10.1. The SMILES string of the molecule is COc1cccc(NC(=O)N(S)c2cccc(Cc3ccccc3)n2)c1. The first-order valence-electron chi connectivity index (χ1n) is 8.09. The van der Waals surface area contributed by atoms with Crippen molar-refractivity contribution in [3.8, 4) is 5.75 Å². The molecule has 0 atom stereocenters. The number of hydrogen-bond donors (Lipinski definition) is 2. The van der Waals surface area contributed by atoms with Crippen molar-refractivity contribution in [1.29, 1.82) is 0 Å². The van der Waals surface area contributed by atoms with Crippen LogP contribution in [-0.4, -0.2) is 18.1 Å². The first-order chi connectivity index (χ1) is 12.7. The van der Waals surface area contributed by atoms with Gasteiger partial charge in [0.25, 0.3) is 0 Å². The fourth-order valence-electron chi connectivity index (χ4n) is 2.47. The Morgan fingerprint density at radius 1 is 1.08 bits per heavy atom. The minimum Gasteiger partial charge on any atom is -0.497 e. The summed E-state index contributed by atoms with van der Waals surface area (Å²) in [5.74, 6) is 1.12. The van der Waals surface area contributed by atoms with Crippen LogP contribution >= 0.6 is 12.8 Å². The predicted octanol–water partition coefficient (Wildman–Crippen LogP) is 4.56. The largest absolute Gasteiger partial charge is 0.497 e. The maximum absolute atomic E-state index is 12.4. The van der Waals surface area contributed by atoms with E-state index in [9.17, 15) is 4.79 Å². The standard InChI is InChI=1S/C20H19N3O2S/c1-25-18-11-5-9-17(14-18)22-20(24)23(26)19-12-6-10-16(21-19)13-15-7-3-2-4-8-15/h2-12,14,26H,13H2,1H3,(H,22,24). The molecule has 3 rings (SSSR count). The number of nitrogens with zero attached hydrogens (tertiary/aromatic N) is 2. The molecule has 5 nitrogen and oxygen atoms in total. The van der Waals surface area contributed by atoms with Crippen LogP contribution < -0.4 is 14.4 Å². The van der Waals surface area contributed by atoms with Gasteiger partial charge < -0.3 is 10.1 Å². The molecular weight excluding hydrogens is 346 g/mol. The molecule has 0 aliphatic rings. The molecule has 0 saturated heterocycles. The lowest BCUT2D eigenvalue weighted by Crippen LogP contribution is -2.27. The molecule has 6 heteroatoms. The molecule has 26 heavy (non-hydrogen) atoms. The molecule has 0 fully saturated rings. The van der Waals surface area contributed by atoms with E-state index in [-0.39, 0.29) is 0 Å². The molecule has 0 aliphatic heterocycles. The molecule has 0 aliphatic carbocycles. The summed E-state index contributed by atoms with van der Waals surface area (Å²) >= 11 is 4.29. The summed E-state index contributed by atoms with van der Waals surface area (Å²) in [6.07, 6.45) is 0.688. The van der Waals surface area contributed by atoms with Crippen LogP contribution in [0.25, 0.3) is 0 Å². The highest BCUT2D eigenvalue weighted by atomic mass is 32.1. The number of rotatable bonds is 5. The van der Waals surface area contributed by atoms with Crippen molar-refractivity contribution in [3.05, 3.63) is 84.1 Å². The van der Waals surface area contributed by atoms with E-state index in [4.69, 9.17) is 4.74 Å². The number of benzene rings is 2. The number of carbonyl (C=O) groups excluding carboxylic acids is 1. The lowest BCUT2D eigenvalue weighted by molar-refractivity contribution is 0.260. The molecule has 1 aromatic heterocycles. The Morgan fingerprint density at radius 2 is 1.85 bits per heavy atom. The van der Waals surface area contributed by atoms with Crippen molar-refractivity contribution < 1.29 is 9.53 Å². The zero-order valence-corrected chi connectivity index (χ0v) is 15.2. The molecule has 1 N–H and O–H groups in total. The van der Waals surface area contributed by atoms with Crippen molar-refractivity contribution in [3.63, 3.8) is 0 Å². The average Bonchev–Trinajstić information content (AvgIpc) is 2.68. The summed E-state index contributed by atoms with van der Waals surface area (Å²) in [6.45, 7) is 0. The zero-order chi connectivity index (χ0) is 18.4. The molecule has 1 heterocycles. The summed E-state index contributed by atoms with van der Waals surface area (Å²) < 4.78 is 6.35. The molecular formula is C20H19N3O2S. The smallest absolute Gasteiger partial charge is 0.337 e. The van der Waals surface area contributed by atoms with Gasteiger partial charge >= 0.3 is 6.03 Å². The highest BCUT2D eigenvalue weighted by Crippen LogP contribution is 2.20. The topological polar surface area (TPSA) is 54.5 Å². The van der Waals surface area contributed by atoms with Crippen LogP contribution in [0.4, 0.5) is 16.3 Å². The molecule has 132 valence electrons. The Bertz CT molecular complexity index is 887. The summed E-state index contributed by atoms with van der Waals surface area (Å²) in [7, 11) is 1.58. The number of amides is 2. The van der Waals surface area contributed by atoms with E-state index in [2.05, 4.69) is 23.1 Å². The molecule has 0 unspecified atom stereocenters. The first kappa shape index (κ1) is 17.8. The van der Waals surface area contributed by atoms with E-state index < -0.39 is 6.03 Å². The maximum Gasteiger partial charge on any atom is 0.337 e. The molecule has 0 spiro atoms. The Balaban J connectivity index is 1.71. The molecule has 3 aromatic rings. The molecule has 0 saturated carbocycles. The van der Waals surface area contributed by atoms with Gasteiger partial charge in [0.1, 0.15) is 11.6 Å². The summed E-state index contributed by atoms with van der Waals surface area (Å²) in [5.41, 5.74) is 2.64. The first-order valence-corrected chi connectivity index (χ1v) is 8.49. The van der Waals surface area contributed by atoms with Gasteiger partial charge in [0.15, 0.2) is 0 Å². The van der Waals surface area contributed by atoms with Gasteiger partial charge in [-0.15, -0.1) is 0 Å². The third-order valence-corrected chi connectivity index (χ3v) is 4.14. The van der Waals surface area contributed by atoms with Gasteiger partial charge in [-0.2, -0.15) is 0 Å². The molecule has 2 aromatic carbocycles. The van der Waals surface area contributed by atoms with E-state index in [0.717, 1.165) is 11.3 Å². The van der Waals surface area contributed by atoms with E-state index in [1.54, 1.807) is 31.4 Å². The van der Waals surface area contributed by atoms with Crippen LogP contribution in [0.15, 0.2) is 72.8 Å². The van der Waals surface area contributed by atoms with E-state index in [1.807, 2.05) is 48.5 Å². The van der Waals surface area contributed by atoms with Gasteiger partial charge in [-0.25, -0.2) is 14.1 Å². The number of anilines is 2. The summed E-state index contributed by atoms with van der Waals surface area (Å²) in [4.78, 5) is 17.0. The predicted molar refractivity (Wildman–Crippen MR) is 107 cm³/mol. The highest BCUT2D eigenvalue weighted by molar-refractivity contribution is 7.82. The number of aromatic nitrogens is 1. The summed E-state index contributed by atoms with van der Waals surface area (Å²) in [6, 6.07) is 22.3. The minimum atomic E-state index is -0.397. The van der Waals surface area contributed by atoms with Crippen LogP contribution in [-0.2, 0) is 6.42 Å². The third kappa shape index (κ3) is 4.55. The highest BCUT2D eigenvalue weighted by Gasteiger charge is 2.14. The van der Waals surface area contributed by atoms with Crippen molar-refractivity contribution in [2.45, 2.75) is 6.42 Å². The zero-order valence-electron chi connectivity index (χ0n) is 14.3. The number of pyridine rings is 1. The molecule has 2 amide bonds. The van der Waals surface area contributed by atoms with Gasteiger partial charge in [-0.3, -0.25) is 0 Å². The van der Waals surface area contributed by atoms with Crippen LogP contribution in [0.1, 0.15) is 11.3 Å². The number of carbonyl (C=O) groups is 1. The van der Waals surface area contributed by atoms with E-state index in [0.29, 0.717) is 23.7 Å². The second-order valence-electron chi connectivity index (χ2n) is 5.62. The molecule has 0 bridgehead atoms. The normalized spacial score (nSPS) is 10.2. The van der Waals surface area contributed by atoms with E-state index >= 15 is 0 Å². The van der Waals surface area contributed by atoms with Gasteiger partial charge in [0.05, 0.1) is 7.11 Å². The Labute approximate surface area is 158 Å². The monoisotopic (exact) mass is 365 g/mol. The van der Waals surface area contributed by atoms with Crippen LogP contribution in [0.3, 0.4) is 0 Å². The van der Waals surface area contributed by atoms with Crippen molar-refractivity contribution in [1.82, 2.24) is 4.98 Å². The van der Waals surface area contributed by atoms with Gasteiger partial charge in [0, 0.05) is 23.9 Å². The van der Waals surface area contributed by atoms with Crippen LogP contribution in [0.5, 0.6) is 5.75 Å². The number of ether oxygens (including phenoxy) is 1. The van der Waals surface area contributed by atoms with Crippen molar-refractivity contribution in [2.75, 3.05) is 16.7 Å². The van der Waals surface area contributed by atoms with Gasteiger partial charge in [-0.05, 0) is 29.8 Å². The minimum absolute atomic E-state index is 0.397. The maximum atomic E-state index is 12.4. The Morgan fingerprint density at radius 3 is 2.62 bits per heavy atom. The number of nitrogens with one attached hydrogen (secondary N) is 1. The Kier molecular flexibility index (Phi) is 5.76. The van der Waals surface area contributed by atoms with E-state index in [1.165, 1.54) is 4.31 Å². The second-order valence-corrected chi connectivity index (χ2v) is 6.02. The molecule has 0 radical (unpaired) electrons. The number of methoxy groups -OCH3 is 1. The van der Waals surface area contributed by atoms with Crippen molar-refractivity contribution in [2.24, 2.45) is 0 Å². The fourth-order valence-corrected chi connectivity index (χ4v) is 2.63. The Hall–Kier alpha value is -2.99. The lowest BCUT2D eigenvalue weighted by Gasteiger charge is -2.16. The third-order valence-electron chi connectivity index (χ3n) is 3.75. The average molecular weight is 365 g/mol. The quantitative estimate of drug-likeness (QED) is 0.652. The number of urea groups is 1. The van der Waals surface area contributed by atoms with Crippen LogP contribution in [0.2, 0.25) is 0 Å². The summed E-state index contributed by atoms with van der Waals surface area (Å²) in [5, 5.41) is 2.77. The fraction of sp³-hybridized carbons (Fsp3) is 0.100.